The van der Waals surface area contributed by atoms with Crippen molar-refractivity contribution in [3.8, 4) is 6.07 Å². The van der Waals surface area contributed by atoms with E-state index >= 15 is 0 Å². The molecule has 1 aromatic heterocycles. The summed E-state index contributed by atoms with van der Waals surface area (Å²) in [4.78, 5) is 14.5. The third-order valence-corrected chi connectivity index (χ3v) is 3.45. The Hall–Kier alpha value is -1.38. The third kappa shape index (κ3) is 5.80. The van der Waals surface area contributed by atoms with Gasteiger partial charge in [0.2, 0.25) is 5.91 Å². The van der Waals surface area contributed by atoms with Crippen LogP contribution in [0.1, 0.15) is 17.7 Å². The highest BCUT2D eigenvalue weighted by molar-refractivity contribution is 7.09. The van der Waals surface area contributed by atoms with Crippen molar-refractivity contribution in [1.82, 2.24) is 4.90 Å². The van der Waals surface area contributed by atoms with Crippen LogP contribution in [0.5, 0.6) is 0 Å². The lowest BCUT2D eigenvalue weighted by Gasteiger charge is -2.15. The Balaban J connectivity index is 2.03. The van der Waals surface area contributed by atoms with Gasteiger partial charge in [0.15, 0.2) is 0 Å². The molecular formula is C13H18N2O2S. The number of amides is 1. The summed E-state index contributed by atoms with van der Waals surface area (Å²) < 4.78 is 5.43. The largest absolute Gasteiger partial charge is 0.381 e. The topological polar surface area (TPSA) is 53.3 Å². The van der Waals surface area contributed by atoms with E-state index in [1.165, 1.54) is 4.88 Å². The molecule has 0 spiro atoms. The molecule has 0 aromatic carbocycles. The lowest BCUT2D eigenvalue weighted by atomic mass is 10.3. The SMILES string of the molecule is CN(CCC#N)C(=O)CCOCCc1cccs1. The third-order valence-electron chi connectivity index (χ3n) is 2.52. The van der Waals surface area contributed by atoms with Crippen LogP contribution in [0.4, 0.5) is 0 Å². The Morgan fingerprint density at radius 1 is 1.56 bits per heavy atom. The Kier molecular flexibility index (Phi) is 7.07. The molecular weight excluding hydrogens is 248 g/mol. The van der Waals surface area contributed by atoms with Crippen LogP contribution in [0, 0.1) is 11.3 Å². The second-order valence-corrected chi connectivity index (χ2v) is 4.95. The van der Waals surface area contributed by atoms with Crippen LogP contribution < -0.4 is 0 Å². The first kappa shape index (κ1) is 14.7. The summed E-state index contributed by atoms with van der Waals surface area (Å²) in [5.74, 6) is 0.0290. The summed E-state index contributed by atoms with van der Waals surface area (Å²) in [6, 6.07) is 6.12. The standard InChI is InChI=1S/C13H18N2O2S/c1-15(8-3-7-14)13(16)6-10-17-9-5-12-4-2-11-18-12/h2,4,11H,3,5-6,8-10H2,1H3. The number of carbonyl (C=O) groups excluding carboxylic acids is 1. The van der Waals surface area contributed by atoms with Gasteiger partial charge in [-0.15, -0.1) is 11.3 Å². The number of ether oxygens (including phenoxy) is 1. The molecule has 1 aromatic rings. The molecule has 0 fully saturated rings. The van der Waals surface area contributed by atoms with Crippen LogP contribution in [0.2, 0.25) is 0 Å². The molecule has 0 aliphatic heterocycles. The van der Waals surface area contributed by atoms with Crippen molar-refractivity contribution >= 4 is 17.2 Å². The Labute approximate surface area is 112 Å². The van der Waals surface area contributed by atoms with Gasteiger partial charge in [-0.2, -0.15) is 5.26 Å². The average Bonchev–Trinajstić information content (AvgIpc) is 2.88. The molecule has 0 unspecified atom stereocenters. The number of rotatable bonds is 8. The molecule has 1 heterocycles. The monoisotopic (exact) mass is 266 g/mol. The molecule has 0 radical (unpaired) electrons. The first-order valence-corrected chi connectivity index (χ1v) is 6.83. The van der Waals surface area contributed by atoms with E-state index < -0.39 is 0 Å². The summed E-state index contributed by atoms with van der Waals surface area (Å²) in [6.45, 7) is 1.58. The van der Waals surface area contributed by atoms with E-state index in [1.54, 1.807) is 23.3 Å². The molecule has 0 bridgehead atoms. The zero-order valence-corrected chi connectivity index (χ0v) is 11.4. The minimum atomic E-state index is 0.0290. The Morgan fingerprint density at radius 3 is 3.06 bits per heavy atom. The first-order chi connectivity index (χ1) is 8.74. The second kappa shape index (κ2) is 8.67. The number of nitriles is 1. The fraction of sp³-hybridized carbons (Fsp3) is 0.538. The van der Waals surface area contributed by atoms with E-state index in [0.29, 0.717) is 32.6 Å². The predicted molar refractivity (Wildman–Crippen MR) is 71.3 cm³/mol. The van der Waals surface area contributed by atoms with Gasteiger partial charge in [-0.1, -0.05) is 6.07 Å². The molecule has 1 amide bonds. The van der Waals surface area contributed by atoms with Crippen LogP contribution in [-0.4, -0.2) is 37.6 Å². The molecule has 0 aliphatic carbocycles. The van der Waals surface area contributed by atoms with Crippen molar-refractivity contribution in [2.45, 2.75) is 19.3 Å². The highest BCUT2D eigenvalue weighted by atomic mass is 32.1. The van der Waals surface area contributed by atoms with Gasteiger partial charge in [-0.3, -0.25) is 4.79 Å². The molecule has 0 atom stereocenters. The quantitative estimate of drug-likeness (QED) is 0.677. The van der Waals surface area contributed by atoms with Crippen LogP contribution in [0.15, 0.2) is 17.5 Å². The number of hydrogen-bond donors (Lipinski definition) is 0. The van der Waals surface area contributed by atoms with Crippen LogP contribution >= 0.6 is 11.3 Å². The molecule has 98 valence electrons. The summed E-state index contributed by atoms with van der Waals surface area (Å²) in [5.41, 5.74) is 0. The van der Waals surface area contributed by atoms with E-state index in [9.17, 15) is 4.79 Å². The smallest absolute Gasteiger partial charge is 0.224 e. The first-order valence-electron chi connectivity index (χ1n) is 5.95. The molecule has 5 heteroatoms. The number of nitrogens with zero attached hydrogens (tertiary/aromatic N) is 2. The van der Waals surface area contributed by atoms with Gasteiger partial charge in [0, 0.05) is 24.9 Å². The lowest BCUT2D eigenvalue weighted by molar-refractivity contribution is -0.130. The van der Waals surface area contributed by atoms with E-state index in [4.69, 9.17) is 10.00 Å². The van der Waals surface area contributed by atoms with Gasteiger partial charge < -0.3 is 9.64 Å². The molecule has 0 N–H and O–H groups in total. The second-order valence-electron chi connectivity index (χ2n) is 3.92. The van der Waals surface area contributed by atoms with Crippen molar-refractivity contribution in [2.24, 2.45) is 0 Å². The Bertz CT molecular complexity index is 384. The molecule has 0 saturated carbocycles. The number of hydrogen-bond acceptors (Lipinski definition) is 4. The average molecular weight is 266 g/mol. The summed E-state index contributed by atoms with van der Waals surface area (Å²) in [5, 5.41) is 10.5. The van der Waals surface area contributed by atoms with E-state index in [2.05, 4.69) is 6.07 Å². The maximum Gasteiger partial charge on any atom is 0.224 e. The molecule has 1 rings (SSSR count). The van der Waals surface area contributed by atoms with E-state index in [0.717, 1.165) is 6.42 Å². The van der Waals surface area contributed by atoms with Crippen LogP contribution in [-0.2, 0) is 16.0 Å². The number of thiophene rings is 1. The van der Waals surface area contributed by atoms with Gasteiger partial charge >= 0.3 is 0 Å². The fourth-order valence-corrected chi connectivity index (χ4v) is 2.11. The zero-order valence-electron chi connectivity index (χ0n) is 10.6. The van der Waals surface area contributed by atoms with Crippen LogP contribution in [0.3, 0.4) is 0 Å². The highest BCUT2D eigenvalue weighted by Gasteiger charge is 2.07. The van der Waals surface area contributed by atoms with Crippen LogP contribution in [0.25, 0.3) is 0 Å². The minimum Gasteiger partial charge on any atom is -0.381 e. The summed E-state index contributed by atoms with van der Waals surface area (Å²) >= 11 is 1.72. The molecule has 4 nitrogen and oxygen atoms in total. The van der Waals surface area contributed by atoms with Crippen molar-refractivity contribution in [1.29, 1.82) is 5.26 Å². The van der Waals surface area contributed by atoms with E-state index in [-0.39, 0.29) is 5.91 Å². The summed E-state index contributed by atoms with van der Waals surface area (Å²) in [7, 11) is 1.71. The van der Waals surface area contributed by atoms with Gasteiger partial charge in [-0.25, -0.2) is 0 Å². The van der Waals surface area contributed by atoms with Crippen molar-refractivity contribution in [2.75, 3.05) is 26.8 Å². The van der Waals surface area contributed by atoms with Gasteiger partial charge in [0.05, 0.1) is 32.1 Å². The maximum absolute atomic E-state index is 11.6. The zero-order chi connectivity index (χ0) is 13.2. The highest BCUT2D eigenvalue weighted by Crippen LogP contribution is 2.08. The summed E-state index contributed by atoms with van der Waals surface area (Å²) in [6.07, 6.45) is 1.66. The van der Waals surface area contributed by atoms with Gasteiger partial charge in [0.25, 0.3) is 0 Å². The van der Waals surface area contributed by atoms with Gasteiger partial charge in [0.1, 0.15) is 0 Å². The Morgan fingerprint density at radius 2 is 2.39 bits per heavy atom. The van der Waals surface area contributed by atoms with Gasteiger partial charge in [-0.05, 0) is 11.4 Å². The minimum absolute atomic E-state index is 0.0290. The number of carbonyl (C=O) groups is 1. The molecule has 0 saturated heterocycles. The van der Waals surface area contributed by atoms with Crippen molar-refractivity contribution < 1.29 is 9.53 Å². The molecule has 18 heavy (non-hydrogen) atoms. The van der Waals surface area contributed by atoms with Crippen molar-refractivity contribution in [3.05, 3.63) is 22.4 Å². The van der Waals surface area contributed by atoms with E-state index in [1.807, 2.05) is 17.5 Å². The van der Waals surface area contributed by atoms with Crippen molar-refractivity contribution in [3.63, 3.8) is 0 Å². The molecule has 0 aliphatic rings. The lowest BCUT2D eigenvalue weighted by Crippen LogP contribution is -2.28. The predicted octanol–water partition coefficient (Wildman–Crippen LogP) is 2.07. The maximum atomic E-state index is 11.6. The fourth-order valence-electron chi connectivity index (χ4n) is 1.42. The normalized spacial score (nSPS) is 10.0.